The van der Waals surface area contributed by atoms with Gasteiger partial charge in [-0.1, -0.05) is 0 Å². The number of halogens is 4. The van der Waals surface area contributed by atoms with Crippen molar-refractivity contribution < 1.29 is 0 Å². The molecule has 0 aliphatic rings. The van der Waals surface area contributed by atoms with Crippen molar-refractivity contribution in [1.82, 2.24) is 0 Å². The van der Waals surface area contributed by atoms with Gasteiger partial charge in [0.1, 0.15) is 0 Å². The van der Waals surface area contributed by atoms with E-state index >= 15 is 0 Å². The van der Waals surface area contributed by atoms with Gasteiger partial charge in [-0.3, -0.25) is 0 Å². The second kappa shape index (κ2) is 8.54. The van der Waals surface area contributed by atoms with Crippen molar-refractivity contribution >= 4 is 67.9 Å². The molecule has 4 aromatic carbocycles. The standard InChI is InChI=1S/C25H19Cl4P/c26-20-6-12-23(13-7-20)30(29,18-19-4-2-1-3-5-19,24-14-8-21(27)9-15-24)25-16-10-22(28)11-17-25/h1-17H,18H2. The maximum atomic E-state index is 8.07. The Balaban J connectivity index is 2.10. The fourth-order valence-electron chi connectivity index (χ4n) is 3.90. The first-order valence-corrected chi connectivity index (χ1v) is 13.9. The van der Waals surface area contributed by atoms with Gasteiger partial charge >= 0.3 is 198 Å². The third-order valence-corrected chi connectivity index (χ3v) is 13.4. The summed E-state index contributed by atoms with van der Waals surface area (Å²) >= 11 is 26.8. The van der Waals surface area contributed by atoms with Crippen LogP contribution in [0.4, 0.5) is 0 Å². The third-order valence-electron chi connectivity index (χ3n) is 5.42. The van der Waals surface area contributed by atoms with Crippen molar-refractivity contribution in [2.75, 3.05) is 0 Å². The van der Waals surface area contributed by atoms with Gasteiger partial charge in [-0.15, -0.1) is 0 Å². The zero-order chi connectivity index (χ0) is 21.2. The molecule has 0 amide bonds. The van der Waals surface area contributed by atoms with Crippen LogP contribution in [0, 0.1) is 0 Å². The fourth-order valence-corrected chi connectivity index (χ4v) is 10.4. The zero-order valence-corrected chi connectivity index (χ0v) is 19.9. The second-order valence-corrected chi connectivity index (χ2v) is 15.0. The molecule has 0 aliphatic carbocycles. The molecule has 0 saturated carbocycles. The van der Waals surface area contributed by atoms with Crippen molar-refractivity contribution in [2.24, 2.45) is 0 Å². The Morgan fingerprint density at radius 1 is 0.467 bits per heavy atom. The van der Waals surface area contributed by atoms with Gasteiger partial charge in [-0.2, -0.15) is 0 Å². The van der Waals surface area contributed by atoms with Crippen LogP contribution >= 0.6 is 52.0 Å². The van der Waals surface area contributed by atoms with Crippen LogP contribution in [0.1, 0.15) is 5.56 Å². The normalized spacial score (nSPS) is 12.9. The summed E-state index contributed by atoms with van der Waals surface area (Å²) in [6.45, 7) is 0. The van der Waals surface area contributed by atoms with E-state index in [-0.39, 0.29) is 0 Å². The van der Waals surface area contributed by atoms with E-state index in [1.54, 1.807) is 0 Å². The summed E-state index contributed by atoms with van der Waals surface area (Å²) in [5.74, 6) is -3.46. The van der Waals surface area contributed by atoms with Gasteiger partial charge in [-0.05, 0) is 0 Å². The Morgan fingerprint density at radius 2 is 0.800 bits per heavy atom. The molecule has 0 saturated heterocycles. The first-order valence-electron chi connectivity index (χ1n) is 9.45. The van der Waals surface area contributed by atoms with Gasteiger partial charge in [0.25, 0.3) is 0 Å². The van der Waals surface area contributed by atoms with Gasteiger partial charge in [0, 0.05) is 0 Å². The molecule has 152 valence electrons. The summed E-state index contributed by atoms with van der Waals surface area (Å²) in [6, 6.07) is 34.0. The third kappa shape index (κ3) is 3.89. The average molecular weight is 492 g/mol. The van der Waals surface area contributed by atoms with Crippen LogP contribution in [0.2, 0.25) is 15.1 Å². The first kappa shape index (κ1) is 21.7. The quantitative estimate of drug-likeness (QED) is 0.249. The molecule has 0 radical (unpaired) electrons. The summed E-state index contributed by atoms with van der Waals surface area (Å²) in [4.78, 5) is 0. The number of hydrogen-bond donors (Lipinski definition) is 0. The number of hydrogen-bond acceptors (Lipinski definition) is 0. The van der Waals surface area contributed by atoms with Gasteiger partial charge in [-0.25, -0.2) is 0 Å². The van der Waals surface area contributed by atoms with E-state index < -0.39 is 5.96 Å². The molecule has 0 unspecified atom stereocenters. The Morgan fingerprint density at radius 3 is 1.13 bits per heavy atom. The van der Waals surface area contributed by atoms with E-state index in [0.29, 0.717) is 21.2 Å². The van der Waals surface area contributed by atoms with Crippen molar-refractivity contribution in [1.29, 1.82) is 0 Å². The van der Waals surface area contributed by atoms with Crippen molar-refractivity contribution in [2.45, 2.75) is 6.16 Å². The van der Waals surface area contributed by atoms with E-state index in [9.17, 15) is 0 Å². The van der Waals surface area contributed by atoms with Crippen molar-refractivity contribution in [3.05, 3.63) is 124 Å². The van der Waals surface area contributed by atoms with Gasteiger partial charge in [0.05, 0.1) is 0 Å². The molecule has 30 heavy (non-hydrogen) atoms. The Labute approximate surface area is 197 Å². The summed E-state index contributed by atoms with van der Waals surface area (Å²) in [5, 5.41) is 5.15. The van der Waals surface area contributed by atoms with Crippen molar-refractivity contribution in [3.63, 3.8) is 0 Å². The first-order chi connectivity index (χ1) is 14.4. The van der Waals surface area contributed by atoms with E-state index in [1.165, 1.54) is 0 Å². The van der Waals surface area contributed by atoms with Crippen LogP contribution in [0.5, 0.6) is 0 Å². The predicted octanol–water partition coefficient (Wildman–Crippen LogP) is 7.83. The topological polar surface area (TPSA) is 0 Å². The summed E-state index contributed by atoms with van der Waals surface area (Å²) in [7, 11) is 0. The van der Waals surface area contributed by atoms with Gasteiger partial charge in [0.2, 0.25) is 0 Å². The van der Waals surface area contributed by atoms with Crippen LogP contribution < -0.4 is 15.9 Å². The van der Waals surface area contributed by atoms with Crippen molar-refractivity contribution in [3.8, 4) is 0 Å². The SMILES string of the molecule is Clc1ccc(P(Cl)(Cc2ccccc2)(c2ccc(Cl)cc2)c2ccc(Cl)cc2)cc1. The number of benzene rings is 4. The second-order valence-electron chi connectivity index (χ2n) is 7.26. The van der Waals surface area contributed by atoms with Gasteiger partial charge < -0.3 is 0 Å². The van der Waals surface area contributed by atoms with Gasteiger partial charge in [0.15, 0.2) is 0 Å². The van der Waals surface area contributed by atoms with Crippen LogP contribution in [-0.4, -0.2) is 0 Å². The molecule has 0 fully saturated rings. The molecule has 5 heteroatoms. The molecular weight excluding hydrogens is 473 g/mol. The summed E-state index contributed by atoms with van der Waals surface area (Å²) < 4.78 is 0. The van der Waals surface area contributed by atoms with E-state index in [2.05, 4.69) is 12.1 Å². The Bertz CT molecular complexity index is 1020. The fraction of sp³-hybridized carbons (Fsp3) is 0.0400. The molecule has 0 bridgehead atoms. The molecule has 4 aromatic rings. The van der Waals surface area contributed by atoms with Crippen LogP contribution in [0.15, 0.2) is 103 Å². The minimum atomic E-state index is -3.46. The molecule has 0 atom stereocenters. The number of rotatable bonds is 5. The van der Waals surface area contributed by atoms with E-state index in [0.717, 1.165) is 21.5 Å². The zero-order valence-electron chi connectivity index (χ0n) is 16.0. The minimum absolute atomic E-state index is 0.652. The Kier molecular flexibility index (Phi) is 6.18. The maximum absolute atomic E-state index is 8.07. The molecule has 4 rings (SSSR count). The summed E-state index contributed by atoms with van der Waals surface area (Å²) in [6.07, 6.45) is 0.652. The molecule has 0 N–H and O–H groups in total. The molecule has 0 spiro atoms. The van der Waals surface area contributed by atoms with Crippen LogP contribution in [-0.2, 0) is 6.16 Å². The molecule has 0 nitrogen and oxygen atoms in total. The van der Waals surface area contributed by atoms with E-state index in [1.807, 2.05) is 91.0 Å². The van der Waals surface area contributed by atoms with Crippen LogP contribution in [0.3, 0.4) is 0 Å². The predicted molar refractivity (Wildman–Crippen MR) is 136 cm³/mol. The van der Waals surface area contributed by atoms with E-state index in [4.69, 9.17) is 46.0 Å². The molecule has 0 aliphatic heterocycles. The van der Waals surface area contributed by atoms with Crippen LogP contribution in [0.25, 0.3) is 0 Å². The summed E-state index contributed by atoms with van der Waals surface area (Å²) in [5.41, 5.74) is 1.16. The average Bonchev–Trinajstić information content (AvgIpc) is 2.76. The molecule has 0 aromatic heterocycles. The molecule has 0 heterocycles. The molecular formula is C25H19Cl4P. The monoisotopic (exact) mass is 490 g/mol. The Hall–Kier alpha value is -1.53.